The number of carbonyl (C=O) groups is 3. The molecule has 0 heterocycles. The Morgan fingerprint density at radius 2 is 1.96 bits per heavy atom. The lowest BCUT2D eigenvalue weighted by molar-refractivity contribution is -0.134. The molecule has 1 N–H and O–H groups in total. The van der Waals surface area contributed by atoms with E-state index in [2.05, 4.69) is 12.0 Å². The molecule has 1 aromatic rings. The molecule has 7 nitrogen and oxygen atoms in total. The molecule has 0 radical (unpaired) electrons. The van der Waals surface area contributed by atoms with Crippen molar-refractivity contribution in [2.45, 2.75) is 46.1 Å². The third-order valence-electron chi connectivity index (χ3n) is 3.63. The quantitative estimate of drug-likeness (QED) is 0.294. The smallest absolute Gasteiger partial charge is 0.340 e. The van der Waals surface area contributed by atoms with Crippen molar-refractivity contribution < 1.29 is 23.9 Å². The summed E-state index contributed by atoms with van der Waals surface area (Å²) < 4.78 is 10.5. The maximum atomic E-state index is 12.6. The number of carbonyl (C=O) groups excluding carboxylic acids is 3. The summed E-state index contributed by atoms with van der Waals surface area (Å²) >= 11 is 0. The van der Waals surface area contributed by atoms with Crippen LogP contribution in [0, 0.1) is 0 Å². The van der Waals surface area contributed by atoms with Gasteiger partial charge in [-0.3, -0.25) is 15.0 Å². The van der Waals surface area contributed by atoms with Crippen LogP contribution in [-0.4, -0.2) is 37.1 Å². The fraction of sp³-hybridized carbons (Fsp3) is 0.450. The summed E-state index contributed by atoms with van der Waals surface area (Å²) in [6.45, 7) is 9.30. The molecular weight excluding hydrogens is 348 g/mol. The molecule has 0 fully saturated rings. The van der Waals surface area contributed by atoms with Gasteiger partial charge in [0.05, 0.1) is 24.5 Å². The largest absolute Gasteiger partial charge is 0.462 e. The minimum atomic E-state index is -0.767. The standard InChI is InChI=1S/C20H28N2O5/c1-5-8-14-27-15(4)19(24)21-22(18(23)11-6-2)17-13-10-9-12-16(17)20(25)26-7-3/h5,9-10,12-13,15H,1,6-8,11,14H2,2-4H3,(H,21,24). The van der Waals surface area contributed by atoms with Gasteiger partial charge in [0.15, 0.2) is 0 Å². The third kappa shape index (κ3) is 6.86. The first-order chi connectivity index (χ1) is 13.0. The van der Waals surface area contributed by atoms with Crippen LogP contribution in [0.3, 0.4) is 0 Å². The molecule has 2 amide bonds. The number of nitrogens with one attached hydrogen (secondary N) is 1. The van der Waals surface area contributed by atoms with E-state index >= 15 is 0 Å². The van der Waals surface area contributed by atoms with Gasteiger partial charge in [-0.2, -0.15) is 0 Å². The Morgan fingerprint density at radius 3 is 2.59 bits per heavy atom. The summed E-state index contributed by atoms with van der Waals surface area (Å²) in [5.74, 6) is -1.38. The number of hydrogen-bond acceptors (Lipinski definition) is 5. The average molecular weight is 376 g/mol. The molecule has 1 unspecified atom stereocenters. The van der Waals surface area contributed by atoms with Gasteiger partial charge in [-0.1, -0.05) is 25.1 Å². The second-order valence-electron chi connectivity index (χ2n) is 5.78. The van der Waals surface area contributed by atoms with Gasteiger partial charge in [-0.15, -0.1) is 6.58 Å². The highest BCUT2D eigenvalue weighted by atomic mass is 16.5. The highest BCUT2D eigenvalue weighted by Gasteiger charge is 2.25. The molecule has 0 bridgehead atoms. The Kier molecular flexibility index (Phi) is 9.82. The van der Waals surface area contributed by atoms with Crippen LogP contribution >= 0.6 is 0 Å². The Balaban J connectivity index is 3.09. The number of nitrogens with zero attached hydrogens (tertiary/aromatic N) is 1. The van der Waals surface area contributed by atoms with Gasteiger partial charge in [0, 0.05) is 6.42 Å². The van der Waals surface area contributed by atoms with Gasteiger partial charge in [0.2, 0.25) is 5.91 Å². The van der Waals surface area contributed by atoms with Crippen molar-refractivity contribution in [2.75, 3.05) is 18.2 Å². The second-order valence-corrected chi connectivity index (χ2v) is 5.78. The zero-order valence-electron chi connectivity index (χ0n) is 16.2. The van der Waals surface area contributed by atoms with Crippen molar-refractivity contribution in [2.24, 2.45) is 0 Å². The molecule has 7 heteroatoms. The van der Waals surface area contributed by atoms with E-state index < -0.39 is 18.0 Å². The van der Waals surface area contributed by atoms with Crippen molar-refractivity contribution in [1.82, 2.24) is 5.43 Å². The molecule has 27 heavy (non-hydrogen) atoms. The number of esters is 1. The van der Waals surface area contributed by atoms with Crippen LogP contribution in [0.15, 0.2) is 36.9 Å². The Labute approximate surface area is 160 Å². The van der Waals surface area contributed by atoms with Gasteiger partial charge in [0.25, 0.3) is 5.91 Å². The minimum absolute atomic E-state index is 0.198. The molecule has 0 aromatic heterocycles. The number of anilines is 1. The molecule has 1 atom stereocenters. The number of para-hydroxylation sites is 1. The maximum absolute atomic E-state index is 12.6. The van der Waals surface area contributed by atoms with E-state index in [1.807, 2.05) is 6.92 Å². The summed E-state index contributed by atoms with van der Waals surface area (Å²) in [5.41, 5.74) is 3.03. The normalized spacial score (nSPS) is 11.4. The Hall–Kier alpha value is -2.67. The summed E-state index contributed by atoms with van der Waals surface area (Å²) in [4.78, 5) is 37.3. The first-order valence-electron chi connectivity index (χ1n) is 9.08. The highest BCUT2D eigenvalue weighted by Crippen LogP contribution is 2.21. The van der Waals surface area contributed by atoms with Crippen LogP contribution < -0.4 is 10.4 Å². The minimum Gasteiger partial charge on any atom is -0.462 e. The number of benzene rings is 1. The van der Waals surface area contributed by atoms with Crippen molar-refractivity contribution in [1.29, 1.82) is 0 Å². The lowest BCUT2D eigenvalue weighted by Gasteiger charge is -2.26. The monoisotopic (exact) mass is 376 g/mol. The summed E-state index contributed by atoms with van der Waals surface area (Å²) in [6, 6.07) is 6.49. The van der Waals surface area contributed by atoms with Gasteiger partial charge in [-0.25, -0.2) is 9.80 Å². The van der Waals surface area contributed by atoms with Crippen molar-refractivity contribution in [3.05, 3.63) is 42.5 Å². The number of hydrazine groups is 1. The van der Waals surface area contributed by atoms with Gasteiger partial charge in [0.1, 0.15) is 6.10 Å². The van der Waals surface area contributed by atoms with Gasteiger partial charge in [-0.05, 0) is 38.8 Å². The van der Waals surface area contributed by atoms with E-state index in [0.717, 1.165) is 5.01 Å². The number of rotatable bonds is 10. The van der Waals surface area contributed by atoms with E-state index in [-0.39, 0.29) is 30.2 Å². The second kappa shape index (κ2) is 11.9. The third-order valence-corrected chi connectivity index (χ3v) is 3.63. The molecule has 148 valence electrons. The molecular formula is C20H28N2O5. The predicted octanol–water partition coefficient (Wildman–Crippen LogP) is 3.01. The number of ether oxygens (including phenoxy) is 2. The number of hydrogen-bond donors (Lipinski definition) is 1. The highest BCUT2D eigenvalue weighted by molar-refractivity contribution is 6.04. The fourth-order valence-corrected chi connectivity index (χ4v) is 2.24. The van der Waals surface area contributed by atoms with Crippen LogP contribution in [-0.2, 0) is 19.1 Å². The van der Waals surface area contributed by atoms with E-state index in [4.69, 9.17) is 9.47 Å². The zero-order valence-corrected chi connectivity index (χ0v) is 16.2. The van der Waals surface area contributed by atoms with Gasteiger partial charge < -0.3 is 9.47 Å². The average Bonchev–Trinajstić information content (AvgIpc) is 2.66. The lowest BCUT2D eigenvalue weighted by atomic mass is 10.1. The van der Waals surface area contributed by atoms with Crippen LogP contribution in [0.4, 0.5) is 5.69 Å². The predicted molar refractivity (Wildman–Crippen MR) is 103 cm³/mol. The van der Waals surface area contributed by atoms with E-state index in [1.54, 1.807) is 44.2 Å². The summed E-state index contributed by atoms with van der Waals surface area (Å²) in [5, 5.41) is 1.10. The Bertz CT molecular complexity index is 660. The molecule has 0 aliphatic rings. The Morgan fingerprint density at radius 1 is 1.26 bits per heavy atom. The summed E-state index contributed by atoms with van der Waals surface area (Å²) in [7, 11) is 0. The molecule has 0 aliphatic carbocycles. The zero-order chi connectivity index (χ0) is 20.2. The van der Waals surface area contributed by atoms with Crippen LogP contribution in [0.2, 0.25) is 0 Å². The van der Waals surface area contributed by atoms with Crippen molar-refractivity contribution >= 4 is 23.5 Å². The maximum Gasteiger partial charge on any atom is 0.340 e. The van der Waals surface area contributed by atoms with Crippen molar-refractivity contribution in [3.63, 3.8) is 0 Å². The first-order valence-corrected chi connectivity index (χ1v) is 9.08. The molecule has 0 aliphatic heterocycles. The van der Waals surface area contributed by atoms with Crippen LogP contribution in [0.1, 0.15) is 50.4 Å². The van der Waals surface area contributed by atoms with Crippen LogP contribution in [0.5, 0.6) is 0 Å². The first kappa shape index (κ1) is 22.4. The molecule has 1 rings (SSSR count). The van der Waals surface area contributed by atoms with Gasteiger partial charge >= 0.3 is 5.97 Å². The van der Waals surface area contributed by atoms with E-state index in [9.17, 15) is 14.4 Å². The molecule has 0 spiro atoms. The topological polar surface area (TPSA) is 84.9 Å². The SMILES string of the molecule is C=CCCOC(C)C(=O)NN(C(=O)CCC)c1ccccc1C(=O)OCC. The molecule has 0 saturated heterocycles. The van der Waals surface area contributed by atoms with Crippen LogP contribution in [0.25, 0.3) is 0 Å². The molecule has 1 aromatic carbocycles. The fourth-order valence-electron chi connectivity index (χ4n) is 2.24. The summed E-state index contributed by atoms with van der Waals surface area (Å²) in [6.07, 6.45) is 2.34. The number of amides is 2. The molecule has 0 saturated carbocycles. The van der Waals surface area contributed by atoms with Crippen molar-refractivity contribution in [3.8, 4) is 0 Å². The van der Waals surface area contributed by atoms with E-state index in [0.29, 0.717) is 19.4 Å². The lowest BCUT2D eigenvalue weighted by Crippen LogP contribution is -2.50. The van der Waals surface area contributed by atoms with E-state index in [1.165, 1.54) is 0 Å².